The molecule has 0 nitrogen and oxygen atoms in total. The minimum absolute atomic E-state index is 0.186. The zero-order chi connectivity index (χ0) is 15.3. The average Bonchev–Trinajstić information content (AvgIpc) is 2.65. The van der Waals surface area contributed by atoms with Crippen molar-refractivity contribution < 1.29 is 0 Å². The molecule has 1 aliphatic heterocycles. The standard InChI is InChI=1S/C16H25PS2Se/c1-15(2,3)12-8-11-10-20-17(18,19-7)14(11)13(9-12)16(4,5)6/h8-9H,10H2,1-7H3. The van der Waals surface area contributed by atoms with Crippen LogP contribution >= 0.6 is 15.3 Å². The fraction of sp³-hybridized carbons (Fsp3) is 0.625. The molecule has 20 heavy (non-hydrogen) atoms. The summed E-state index contributed by atoms with van der Waals surface area (Å²) in [6, 6.07) is 4.91. The van der Waals surface area contributed by atoms with E-state index >= 15 is 0 Å². The van der Waals surface area contributed by atoms with Crippen molar-refractivity contribution in [3.05, 3.63) is 28.8 Å². The molecular weight excluding hydrogens is 366 g/mol. The van der Waals surface area contributed by atoms with Crippen LogP contribution in [0.4, 0.5) is 0 Å². The summed E-state index contributed by atoms with van der Waals surface area (Å²) in [5.74, 6) is 0. The molecule has 1 atom stereocenters. The third kappa shape index (κ3) is 3.08. The molecule has 0 aliphatic carbocycles. The molecule has 112 valence electrons. The van der Waals surface area contributed by atoms with Crippen molar-refractivity contribution in [3.8, 4) is 0 Å². The molecule has 1 heterocycles. The van der Waals surface area contributed by atoms with E-state index in [1.807, 2.05) is 11.4 Å². The molecular formula is C16H25PS2Se. The molecule has 2 rings (SSSR count). The van der Waals surface area contributed by atoms with Crippen molar-refractivity contribution in [2.75, 3.05) is 6.26 Å². The van der Waals surface area contributed by atoms with Crippen LogP contribution in [-0.2, 0) is 28.0 Å². The van der Waals surface area contributed by atoms with Crippen LogP contribution in [0.2, 0.25) is 0 Å². The summed E-state index contributed by atoms with van der Waals surface area (Å²) in [6.07, 6.45) is 2.22. The van der Waals surface area contributed by atoms with Crippen LogP contribution in [0.25, 0.3) is 0 Å². The summed E-state index contributed by atoms with van der Waals surface area (Å²) < 4.78 is -1.33. The predicted molar refractivity (Wildman–Crippen MR) is 101 cm³/mol. The van der Waals surface area contributed by atoms with E-state index in [0.29, 0.717) is 14.5 Å². The van der Waals surface area contributed by atoms with Gasteiger partial charge in [0.25, 0.3) is 0 Å². The van der Waals surface area contributed by atoms with Gasteiger partial charge in [0.1, 0.15) is 0 Å². The van der Waals surface area contributed by atoms with Gasteiger partial charge in [-0.15, -0.1) is 0 Å². The molecule has 0 saturated carbocycles. The molecule has 0 spiro atoms. The van der Waals surface area contributed by atoms with Crippen molar-refractivity contribution in [2.45, 2.75) is 57.7 Å². The van der Waals surface area contributed by atoms with Gasteiger partial charge in [0.15, 0.2) is 0 Å². The Kier molecular flexibility index (Phi) is 4.64. The molecule has 0 saturated heterocycles. The molecule has 0 bridgehead atoms. The van der Waals surface area contributed by atoms with Crippen molar-refractivity contribution in [2.24, 2.45) is 0 Å². The summed E-state index contributed by atoms with van der Waals surface area (Å²) in [5.41, 5.74) is 4.97. The summed E-state index contributed by atoms with van der Waals surface area (Å²) in [5, 5.41) is 2.83. The third-order valence-electron chi connectivity index (χ3n) is 3.77. The Hall–Kier alpha value is 0.739. The minimum atomic E-state index is -1.33. The Morgan fingerprint density at radius 2 is 1.70 bits per heavy atom. The molecule has 0 amide bonds. The topological polar surface area (TPSA) is 0 Å². The third-order valence-corrected chi connectivity index (χ3v) is 20.5. The Labute approximate surface area is 139 Å². The van der Waals surface area contributed by atoms with Gasteiger partial charge in [0, 0.05) is 0 Å². The monoisotopic (exact) mass is 392 g/mol. The number of hydrogen-bond acceptors (Lipinski definition) is 2. The first kappa shape index (κ1) is 17.1. The Morgan fingerprint density at radius 3 is 2.15 bits per heavy atom. The van der Waals surface area contributed by atoms with Gasteiger partial charge in [-0.05, 0) is 0 Å². The summed E-state index contributed by atoms with van der Waals surface area (Å²) >= 11 is 8.69. The van der Waals surface area contributed by atoms with Crippen molar-refractivity contribution >= 4 is 46.9 Å². The second kappa shape index (κ2) is 5.43. The Bertz CT molecular complexity index is 579. The van der Waals surface area contributed by atoms with Gasteiger partial charge < -0.3 is 0 Å². The number of benzene rings is 1. The Morgan fingerprint density at radius 1 is 1.10 bits per heavy atom. The van der Waals surface area contributed by atoms with Gasteiger partial charge in [-0.2, -0.15) is 0 Å². The van der Waals surface area contributed by atoms with Crippen molar-refractivity contribution in [1.29, 1.82) is 0 Å². The van der Waals surface area contributed by atoms with Crippen LogP contribution in [0.5, 0.6) is 0 Å². The molecule has 1 aromatic rings. The number of rotatable bonds is 1. The average molecular weight is 391 g/mol. The van der Waals surface area contributed by atoms with E-state index < -0.39 is 3.93 Å². The van der Waals surface area contributed by atoms with Gasteiger partial charge in [-0.25, -0.2) is 0 Å². The molecule has 1 aromatic carbocycles. The van der Waals surface area contributed by atoms with Gasteiger partial charge in [0.2, 0.25) is 0 Å². The molecule has 1 unspecified atom stereocenters. The Balaban J connectivity index is 2.77. The molecule has 0 N–H and O–H groups in total. The summed E-state index contributed by atoms with van der Waals surface area (Å²) in [6.45, 7) is 13.9. The first-order valence-electron chi connectivity index (χ1n) is 6.98. The van der Waals surface area contributed by atoms with Gasteiger partial charge >= 0.3 is 140 Å². The van der Waals surface area contributed by atoms with Crippen LogP contribution in [-0.4, -0.2) is 20.8 Å². The predicted octanol–water partition coefficient (Wildman–Crippen LogP) is 4.80. The maximum absolute atomic E-state index is 6.12. The van der Waals surface area contributed by atoms with Crippen molar-refractivity contribution in [3.63, 3.8) is 0 Å². The maximum atomic E-state index is 6.12. The van der Waals surface area contributed by atoms with E-state index in [1.165, 1.54) is 16.4 Å². The molecule has 0 aromatic heterocycles. The normalized spacial score (nSPS) is 22.9. The summed E-state index contributed by atoms with van der Waals surface area (Å²) in [4.78, 5) is 0. The van der Waals surface area contributed by atoms with Crippen LogP contribution < -0.4 is 5.30 Å². The SMILES string of the molecule is CSP1(=S)[Se]Cc2cc(C(C)(C)C)cc(C(C)(C)C)c21. The van der Waals surface area contributed by atoms with E-state index in [2.05, 4.69) is 59.9 Å². The fourth-order valence-electron chi connectivity index (χ4n) is 2.50. The van der Waals surface area contributed by atoms with Crippen LogP contribution in [0.3, 0.4) is 0 Å². The molecule has 0 fully saturated rings. The molecule has 0 radical (unpaired) electrons. The van der Waals surface area contributed by atoms with Gasteiger partial charge in [-0.3, -0.25) is 0 Å². The van der Waals surface area contributed by atoms with E-state index in [4.69, 9.17) is 11.8 Å². The van der Waals surface area contributed by atoms with Gasteiger partial charge in [0.05, 0.1) is 0 Å². The molecule has 1 aliphatic rings. The number of hydrogen-bond donors (Lipinski definition) is 0. The van der Waals surface area contributed by atoms with E-state index in [0.717, 1.165) is 0 Å². The second-order valence-corrected chi connectivity index (χ2v) is 23.4. The van der Waals surface area contributed by atoms with Crippen LogP contribution in [0, 0.1) is 0 Å². The van der Waals surface area contributed by atoms with E-state index in [-0.39, 0.29) is 10.8 Å². The first-order valence-corrected chi connectivity index (χ1v) is 15.0. The summed E-state index contributed by atoms with van der Waals surface area (Å²) in [7, 11) is 0. The van der Waals surface area contributed by atoms with E-state index in [9.17, 15) is 0 Å². The van der Waals surface area contributed by atoms with E-state index in [1.54, 1.807) is 10.9 Å². The van der Waals surface area contributed by atoms with Crippen molar-refractivity contribution in [1.82, 2.24) is 0 Å². The molecule has 4 heteroatoms. The van der Waals surface area contributed by atoms with Gasteiger partial charge in [-0.1, -0.05) is 0 Å². The zero-order valence-electron chi connectivity index (χ0n) is 13.5. The number of fused-ring (bicyclic) bond motifs is 1. The second-order valence-electron chi connectivity index (χ2n) is 7.49. The van der Waals surface area contributed by atoms with Crippen LogP contribution in [0.1, 0.15) is 58.2 Å². The quantitative estimate of drug-likeness (QED) is 0.498. The van der Waals surface area contributed by atoms with Crippen LogP contribution in [0.15, 0.2) is 12.1 Å². The first-order chi connectivity index (χ1) is 8.99. The fourth-order valence-corrected chi connectivity index (χ4v) is 15.0. The zero-order valence-corrected chi connectivity index (χ0v) is 17.8.